The van der Waals surface area contributed by atoms with E-state index in [-0.39, 0.29) is 0 Å². The summed E-state index contributed by atoms with van der Waals surface area (Å²) >= 11 is 0. The van der Waals surface area contributed by atoms with Crippen molar-refractivity contribution < 1.29 is 0 Å². The van der Waals surface area contributed by atoms with Gasteiger partial charge >= 0.3 is 0 Å². The molecular formula is C15H16N4. The normalized spacial score (nSPS) is 10.9. The van der Waals surface area contributed by atoms with Crippen LogP contribution in [0.4, 0.5) is 0 Å². The summed E-state index contributed by atoms with van der Waals surface area (Å²) in [4.78, 5) is 11.8. The van der Waals surface area contributed by atoms with Gasteiger partial charge in [0.05, 0.1) is 5.52 Å². The van der Waals surface area contributed by atoms with Gasteiger partial charge in [0.25, 0.3) is 0 Å². The van der Waals surface area contributed by atoms with Crippen LogP contribution in [-0.2, 0) is 13.0 Å². The van der Waals surface area contributed by atoms with Crippen molar-refractivity contribution in [3.8, 4) is 0 Å². The Labute approximate surface area is 111 Å². The molecule has 19 heavy (non-hydrogen) atoms. The molecule has 0 saturated carbocycles. The maximum atomic E-state index is 4.45. The third-order valence-electron chi connectivity index (χ3n) is 3.13. The van der Waals surface area contributed by atoms with Crippen LogP contribution in [0, 0.1) is 0 Å². The van der Waals surface area contributed by atoms with Crippen molar-refractivity contribution >= 4 is 10.9 Å². The molecule has 0 aliphatic rings. The highest BCUT2D eigenvalue weighted by Gasteiger charge is 2.01. The van der Waals surface area contributed by atoms with Gasteiger partial charge < -0.3 is 10.3 Å². The first-order chi connectivity index (χ1) is 9.43. The first-order valence-corrected chi connectivity index (χ1v) is 6.45. The van der Waals surface area contributed by atoms with Crippen LogP contribution in [0.3, 0.4) is 0 Å². The van der Waals surface area contributed by atoms with Gasteiger partial charge in [-0.25, -0.2) is 4.98 Å². The zero-order valence-corrected chi connectivity index (χ0v) is 10.6. The Bertz CT molecular complexity index is 641. The first kappa shape index (κ1) is 11.9. The third-order valence-corrected chi connectivity index (χ3v) is 3.13. The zero-order chi connectivity index (χ0) is 12.9. The molecule has 0 atom stereocenters. The highest BCUT2D eigenvalue weighted by molar-refractivity contribution is 5.81. The summed E-state index contributed by atoms with van der Waals surface area (Å²) in [6.45, 7) is 1.73. The average Bonchev–Trinajstić information content (AvgIpc) is 2.97. The summed E-state index contributed by atoms with van der Waals surface area (Å²) in [5, 5.41) is 4.62. The number of H-pyrrole nitrogens is 1. The third kappa shape index (κ3) is 2.80. The second-order valence-electron chi connectivity index (χ2n) is 4.45. The Morgan fingerprint density at radius 2 is 2.00 bits per heavy atom. The highest BCUT2D eigenvalue weighted by Crippen LogP contribution is 2.15. The number of nitrogens with one attached hydrogen (secondary N) is 2. The van der Waals surface area contributed by atoms with Gasteiger partial charge in [-0.3, -0.25) is 4.98 Å². The summed E-state index contributed by atoms with van der Waals surface area (Å²) in [6.07, 6.45) is 6.38. The van der Waals surface area contributed by atoms with E-state index in [1.165, 1.54) is 10.9 Å². The fourth-order valence-corrected chi connectivity index (χ4v) is 2.17. The van der Waals surface area contributed by atoms with Crippen LogP contribution in [0.15, 0.2) is 48.9 Å². The van der Waals surface area contributed by atoms with Crippen molar-refractivity contribution in [3.05, 3.63) is 60.3 Å². The maximum Gasteiger partial charge on any atom is 0.107 e. The number of aromatic amines is 1. The summed E-state index contributed by atoms with van der Waals surface area (Å²) in [7, 11) is 0. The molecule has 2 heterocycles. The predicted molar refractivity (Wildman–Crippen MR) is 75.7 cm³/mol. The number of nitrogens with zero attached hydrogens (tertiary/aromatic N) is 2. The van der Waals surface area contributed by atoms with Crippen LogP contribution in [0.1, 0.15) is 11.4 Å². The molecule has 4 heteroatoms. The lowest BCUT2D eigenvalue weighted by Crippen LogP contribution is -2.17. The Morgan fingerprint density at radius 1 is 1.05 bits per heavy atom. The average molecular weight is 252 g/mol. The lowest BCUT2D eigenvalue weighted by Gasteiger charge is -2.06. The quantitative estimate of drug-likeness (QED) is 0.685. The number of benzene rings is 1. The van der Waals surface area contributed by atoms with Crippen LogP contribution in [0.5, 0.6) is 0 Å². The maximum absolute atomic E-state index is 4.45. The van der Waals surface area contributed by atoms with Crippen molar-refractivity contribution in [2.24, 2.45) is 0 Å². The Morgan fingerprint density at radius 3 is 2.89 bits per heavy atom. The molecule has 0 aliphatic carbocycles. The first-order valence-electron chi connectivity index (χ1n) is 6.45. The van der Waals surface area contributed by atoms with Crippen LogP contribution < -0.4 is 5.32 Å². The largest absolute Gasteiger partial charge is 0.349 e. The van der Waals surface area contributed by atoms with Crippen molar-refractivity contribution in [2.75, 3.05) is 6.54 Å². The van der Waals surface area contributed by atoms with E-state index in [0.29, 0.717) is 0 Å². The molecule has 0 saturated heterocycles. The minimum atomic E-state index is 0.828. The fourth-order valence-electron chi connectivity index (χ4n) is 2.17. The van der Waals surface area contributed by atoms with Crippen LogP contribution in [0.25, 0.3) is 10.9 Å². The number of pyridine rings is 1. The predicted octanol–water partition coefficient (Wildman–Crippen LogP) is 2.29. The van der Waals surface area contributed by atoms with E-state index in [1.54, 1.807) is 6.20 Å². The second-order valence-corrected chi connectivity index (χ2v) is 4.45. The molecule has 2 aromatic heterocycles. The van der Waals surface area contributed by atoms with Gasteiger partial charge in [-0.05, 0) is 11.6 Å². The molecule has 3 rings (SSSR count). The lowest BCUT2D eigenvalue weighted by molar-refractivity contribution is 0.676. The number of fused-ring (bicyclic) bond motifs is 1. The van der Waals surface area contributed by atoms with E-state index in [9.17, 15) is 0 Å². The van der Waals surface area contributed by atoms with Crippen molar-refractivity contribution in [1.82, 2.24) is 20.3 Å². The number of imidazole rings is 1. The van der Waals surface area contributed by atoms with Gasteiger partial charge in [-0.15, -0.1) is 0 Å². The molecule has 0 amide bonds. The number of aromatic nitrogens is 3. The summed E-state index contributed by atoms with van der Waals surface area (Å²) in [5.74, 6) is 1.02. The summed E-state index contributed by atoms with van der Waals surface area (Å²) in [5.41, 5.74) is 2.31. The SMILES string of the molecule is c1cnc2c(CNCCc3ncc[nH]3)cccc2c1. The number of para-hydroxylation sites is 1. The van der Waals surface area contributed by atoms with E-state index >= 15 is 0 Å². The molecule has 0 aliphatic heterocycles. The molecule has 96 valence electrons. The van der Waals surface area contributed by atoms with E-state index in [1.807, 2.05) is 18.5 Å². The number of rotatable bonds is 5. The van der Waals surface area contributed by atoms with Gasteiger partial charge in [0.2, 0.25) is 0 Å². The van der Waals surface area contributed by atoms with Gasteiger partial charge in [-0.1, -0.05) is 24.3 Å². The molecule has 4 nitrogen and oxygen atoms in total. The molecule has 0 fully saturated rings. The highest BCUT2D eigenvalue weighted by atomic mass is 14.9. The van der Waals surface area contributed by atoms with Crippen molar-refractivity contribution in [2.45, 2.75) is 13.0 Å². The Kier molecular flexibility index (Phi) is 3.51. The monoisotopic (exact) mass is 252 g/mol. The zero-order valence-electron chi connectivity index (χ0n) is 10.6. The van der Waals surface area contributed by atoms with Crippen LogP contribution in [-0.4, -0.2) is 21.5 Å². The van der Waals surface area contributed by atoms with Gasteiger partial charge in [0.15, 0.2) is 0 Å². The molecule has 0 unspecified atom stereocenters. The molecule has 2 N–H and O–H groups in total. The lowest BCUT2D eigenvalue weighted by atomic mass is 10.1. The van der Waals surface area contributed by atoms with Crippen LogP contribution >= 0.6 is 0 Å². The molecule has 0 spiro atoms. The number of hydrogen-bond acceptors (Lipinski definition) is 3. The Hall–Kier alpha value is -2.20. The minimum absolute atomic E-state index is 0.828. The van der Waals surface area contributed by atoms with Crippen molar-refractivity contribution in [3.63, 3.8) is 0 Å². The molecule has 0 bridgehead atoms. The van der Waals surface area contributed by atoms with E-state index in [0.717, 1.165) is 30.9 Å². The van der Waals surface area contributed by atoms with E-state index < -0.39 is 0 Å². The fraction of sp³-hybridized carbons (Fsp3) is 0.200. The van der Waals surface area contributed by atoms with Gasteiger partial charge in [-0.2, -0.15) is 0 Å². The standard InChI is InChI=1S/C15H16N4/c1-3-12-5-2-7-19-15(12)13(4-1)11-16-8-6-14-17-9-10-18-14/h1-5,7,9-10,16H,6,8,11H2,(H,17,18). The minimum Gasteiger partial charge on any atom is -0.349 e. The topological polar surface area (TPSA) is 53.6 Å². The van der Waals surface area contributed by atoms with E-state index in [4.69, 9.17) is 0 Å². The van der Waals surface area contributed by atoms with Gasteiger partial charge in [0.1, 0.15) is 5.82 Å². The van der Waals surface area contributed by atoms with Crippen molar-refractivity contribution in [1.29, 1.82) is 0 Å². The van der Waals surface area contributed by atoms with Crippen LogP contribution in [0.2, 0.25) is 0 Å². The van der Waals surface area contributed by atoms with Gasteiger partial charge in [0, 0.05) is 43.5 Å². The summed E-state index contributed by atoms with van der Waals surface area (Å²) < 4.78 is 0. The molecular weight excluding hydrogens is 236 g/mol. The second kappa shape index (κ2) is 5.63. The van der Waals surface area contributed by atoms with E-state index in [2.05, 4.69) is 44.5 Å². The molecule has 1 aromatic carbocycles. The Balaban J connectivity index is 1.62. The molecule has 3 aromatic rings. The number of hydrogen-bond donors (Lipinski definition) is 2. The summed E-state index contributed by atoms with van der Waals surface area (Å²) in [6, 6.07) is 10.3. The molecule has 0 radical (unpaired) electrons. The smallest absolute Gasteiger partial charge is 0.107 e.